The Morgan fingerprint density at radius 2 is 1.25 bits per heavy atom. The molecule has 0 unspecified atom stereocenters. The minimum Gasteiger partial charge on any atom is -0.0827 e. The van der Waals surface area contributed by atoms with E-state index in [1.165, 1.54) is 10.8 Å². The van der Waals surface area contributed by atoms with Crippen LogP contribution in [0.5, 0.6) is 0 Å². The Balaban J connectivity index is 1.96. The lowest BCUT2D eigenvalue weighted by atomic mass is 10.1. The third-order valence-corrected chi connectivity index (χ3v) is 3.76. The molecular weight excluding hydrogens is 287 g/mol. The van der Waals surface area contributed by atoms with E-state index in [-0.39, 0.29) is 0 Å². The van der Waals surface area contributed by atoms with Crippen LogP contribution in [0.3, 0.4) is 0 Å². The number of fused-ring (bicyclic) bond motifs is 1. The molecule has 0 spiro atoms. The lowest BCUT2D eigenvalue weighted by molar-refractivity contribution is 1.63. The maximum atomic E-state index is 5.97. The topological polar surface area (TPSA) is 0 Å². The summed E-state index contributed by atoms with van der Waals surface area (Å²) in [5.74, 6) is 6.25. The maximum Gasteiger partial charge on any atom is 0.0604 e. The van der Waals surface area contributed by atoms with Crippen LogP contribution in [-0.2, 0) is 0 Å². The molecule has 2 heteroatoms. The van der Waals surface area contributed by atoms with Crippen molar-refractivity contribution in [3.63, 3.8) is 0 Å². The first-order valence-electron chi connectivity index (χ1n) is 6.18. The van der Waals surface area contributed by atoms with Gasteiger partial charge in [-0.15, -0.1) is 0 Å². The molecule has 0 aromatic heterocycles. The standard InChI is InChI=1S/C18H10Cl2/c19-17-10-8-14(12-18(17)20)6-5-13-7-9-15-3-1-2-4-16(15)11-13/h1-4,7-12H. The second-order valence-electron chi connectivity index (χ2n) is 4.44. The van der Waals surface area contributed by atoms with E-state index in [9.17, 15) is 0 Å². The van der Waals surface area contributed by atoms with Gasteiger partial charge in [0.1, 0.15) is 0 Å². The summed E-state index contributed by atoms with van der Waals surface area (Å²) in [6.07, 6.45) is 0. The van der Waals surface area contributed by atoms with Gasteiger partial charge in [-0.3, -0.25) is 0 Å². The summed E-state index contributed by atoms with van der Waals surface area (Å²) in [4.78, 5) is 0. The Morgan fingerprint density at radius 3 is 2.00 bits per heavy atom. The van der Waals surface area contributed by atoms with Crippen LogP contribution in [-0.4, -0.2) is 0 Å². The highest BCUT2D eigenvalue weighted by Crippen LogP contribution is 2.22. The second-order valence-corrected chi connectivity index (χ2v) is 5.26. The zero-order valence-corrected chi connectivity index (χ0v) is 12.0. The normalized spacial score (nSPS) is 10.1. The van der Waals surface area contributed by atoms with Crippen molar-refractivity contribution in [1.29, 1.82) is 0 Å². The predicted molar refractivity (Wildman–Crippen MR) is 86.4 cm³/mol. The van der Waals surface area contributed by atoms with Crippen molar-refractivity contribution >= 4 is 34.0 Å². The van der Waals surface area contributed by atoms with Gasteiger partial charge in [0.15, 0.2) is 0 Å². The first kappa shape index (κ1) is 13.1. The fraction of sp³-hybridized carbons (Fsp3) is 0. The number of benzene rings is 3. The molecule has 3 rings (SSSR count). The average molecular weight is 297 g/mol. The molecule has 3 aromatic rings. The first-order valence-corrected chi connectivity index (χ1v) is 6.94. The molecule has 0 N–H and O–H groups in total. The molecule has 20 heavy (non-hydrogen) atoms. The summed E-state index contributed by atoms with van der Waals surface area (Å²) in [6, 6.07) is 19.8. The number of halogens is 2. The molecule has 0 fully saturated rings. The summed E-state index contributed by atoms with van der Waals surface area (Å²) < 4.78 is 0. The minimum atomic E-state index is 0.525. The van der Waals surface area contributed by atoms with Gasteiger partial charge in [-0.1, -0.05) is 65.4 Å². The van der Waals surface area contributed by atoms with Crippen molar-refractivity contribution in [2.75, 3.05) is 0 Å². The lowest BCUT2D eigenvalue weighted by Gasteiger charge is -1.98. The third kappa shape index (κ3) is 2.80. The number of hydrogen-bond donors (Lipinski definition) is 0. The Labute approximate surface area is 128 Å². The van der Waals surface area contributed by atoms with Gasteiger partial charge < -0.3 is 0 Å². The van der Waals surface area contributed by atoms with Crippen LogP contribution in [0.1, 0.15) is 11.1 Å². The molecule has 0 nitrogen and oxygen atoms in total. The van der Waals surface area contributed by atoms with Gasteiger partial charge in [0, 0.05) is 11.1 Å². The predicted octanol–water partition coefficient (Wildman–Crippen LogP) is 5.55. The molecule has 0 aliphatic carbocycles. The van der Waals surface area contributed by atoms with Crippen LogP contribution in [0, 0.1) is 11.8 Å². The fourth-order valence-electron chi connectivity index (χ4n) is 1.99. The van der Waals surface area contributed by atoms with E-state index in [4.69, 9.17) is 23.2 Å². The minimum absolute atomic E-state index is 0.525. The summed E-state index contributed by atoms with van der Waals surface area (Å²) in [5.41, 5.74) is 1.84. The highest BCUT2D eigenvalue weighted by molar-refractivity contribution is 6.42. The van der Waals surface area contributed by atoms with Gasteiger partial charge >= 0.3 is 0 Å². The molecular formula is C18H10Cl2. The average Bonchev–Trinajstić information content (AvgIpc) is 2.48. The van der Waals surface area contributed by atoms with Gasteiger partial charge in [-0.05, 0) is 41.1 Å². The molecule has 3 aromatic carbocycles. The molecule has 0 saturated carbocycles. The highest BCUT2D eigenvalue weighted by atomic mass is 35.5. The number of hydrogen-bond acceptors (Lipinski definition) is 0. The quantitative estimate of drug-likeness (QED) is 0.477. The van der Waals surface area contributed by atoms with E-state index in [0.717, 1.165) is 11.1 Å². The van der Waals surface area contributed by atoms with E-state index >= 15 is 0 Å². The highest BCUT2D eigenvalue weighted by Gasteiger charge is 1.97. The van der Waals surface area contributed by atoms with Crippen molar-refractivity contribution in [3.8, 4) is 11.8 Å². The zero-order chi connectivity index (χ0) is 13.9. The molecule has 0 heterocycles. The fourth-order valence-corrected chi connectivity index (χ4v) is 2.28. The van der Waals surface area contributed by atoms with Crippen molar-refractivity contribution in [1.82, 2.24) is 0 Å². The van der Waals surface area contributed by atoms with Crippen molar-refractivity contribution < 1.29 is 0 Å². The molecule has 0 saturated heterocycles. The van der Waals surface area contributed by atoms with Crippen LogP contribution in [0.15, 0.2) is 60.7 Å². The van der Waals surface area contributed by atoms with Crippen molar-refractivity contribution in [2.24, 2.45) is 0 Å². The van der Waals surface area contributed by atoms with Crippen LogP contribution in [0.4, 0.5) is 0 Å². The van der Waals surface area contributed by atoms with Gasteiger partial charge in [0.2, 0.25) is 0 Å². The molecule has 0 aliphatic rings. The van der Waals surface area contributed by atoms with E-state index in [2.05, 4.69) is 36.1 Å². The van der Waals surface area contributed by atoms with E-state index in [0.29, 0.717) is 10.0 Å². The van der Waals surface area contributed by atoms with Gasteiger partial charge in [-0.25, -0.2) is 0 Å². The Hall–Kier alpha value is -1.94. The molecule has 0 atom stereocenters. The second kappa shape index (κ2) is 5.59. The van der Waals surface area contributed by atoms with Crippen LogP contribution < -0.4 is 0 Å². The molecule has 0 amide bonds. The van der Waals surface area contributed by atoms with E-state index in [1.54, 1.807) is 12.1 Å². The van der Waals surface area contributed by atoms with Crippen LogP contribution in [0.25, 0.3) is 10.8 Å². The van der Waals surface area contributed by atoms with Crippen LogP contribution in [0.2, 0.25) is 10.0 Å². The third-order valence-electron chi connectivity index (χ3n) is 3.02. The maximum absolute atomic E-state index is 5.97. The Bertz CT molecular complexity index is 839. The SMILES string of the molecule is Clc1ccc(C#Cc2ccc3ccccc3c2)cc1Cl. The monoisotopic (exact) mass is 296 g/mol. The molecule has 96 valence electrons. The van der Waals surface area contributed by atoms with Crippen molar-refractivity contribution in [2.45, 2.75) is 0 Å². The first-order chi connectivity index (χ1) is 9.72. The Kier molecular flexibility index (Phi) is 3.65. The van der Waals surface area contributed by atoms with Gasteiger partial charge in [0.25, 0.3) is 0 Å². The summed E-state index contributed by atoms with van der Waals surface area (Å²) >= 11 is 11.9. The molecule has 0 aliphatic heterocycles. The summed E-state index contributed by atoms with van der Waals surface area (Å²) in [5, 5.41) is 3.47. The summed E-state index contributed by atoms with van der Waals surface area (Å²) in [7, 11) is 0. The Morgan fingerprint density at radius 1 is 0.600 bits per heavy atom. The number of rotatable bonds is 0. The molecule has 0 radical (unpaired) electrons. The van der Waals surface area contributed by atoms with Crippen LogP contribution >= 0.6 is 23.2 Å². The van der Waals surface area contributed by atoms with Gasteiger partial charge in [-0.2, -0.15) is 0 Å². The van der Waals surface area contributed by atoms with Gasteiger partial charge in [0.05, 0.1) is 10.0 Å². The van der Waals surface area contributed by atoms with E-state index < -0.39 is 0 Å². The zero-order valence-electron chi connectivity index (χ0n) is 10.5. The van der Waals surface area contributed by atoms with Crippen molar-refractivity contribution in [3.05, 3.63) is 81.8 Å². The smallest absolute Gasteiger partial charge is 0.0604 e. The van der Waals surface area contributed by atoms with E-state index in [1.807, 2.05) is 24.3 Å². The summed E-state index contributed by atoms with van der Waals surface area (Å²) in [6.45, 7) is 0. The lowest BCUT2D eigenvalue weighted by Crippen LogP contribution is -1.78. The molecule has 0 bridgehead atoms. The largest absolute Gasteiger partial charge is 0.0827 e.